The van der Waals surface area contributed by atoms with Crippen LogP contribution in [-0.4, -0.2) is 74.3 Å². The third-order valence-corrected chi connectivity index (χ3v) is 7.47. The van der Waals surface area contributed by atoms with Crippen molar-refractivity contribution in [2.45, 2.75) is 44.2 Å². The highest BCUT2D eigenvalue weighted by molar-refractivity contribution is 7.51. The van der Waals surface area contributed by atoms with Crippen LogP contribution in [0.25, 0.3) is 11.2 Å². The largest absolute Gasteiger partial charge is 0.778 e. The minimum Gasteiger partial charge on any atom is -0.778 e. The number of aliphatic carboxylic acids is 1. The molecule has 2 aliphatic heterocycles. The summed E-state index contributed by atoms with van der Waals surface area (Å²) in [6, 6.07) is 8.75. The van der Waals surface area contributed by atoms with Crippen molar-refractivity contribution in [1.29, 1.82) is 0 Å². The van der Waals surface area contributed by atoms with Crippen molar-refractivity contribution in [2.75, 3.05) is 24.6 Å². The molecule has 3 N–H and O–H groups in total. The zero-order chi connectivity index (χ0) is 27.6. The molecule has 208 valence electrons. The molecular weight excluding hydrogens is 535 g/mol. The maximum Gasteiger partial charge on any atom is 0.320 e. The van der Waals surface area contributed by atoms with Gasteiger partial charge in [-0.25, -0.2) is 19.7 Å². The zero-order valence-electron chi connectivity index (χ0n) is 20.7. The van der Waals surface area contributed by atoms with Gasteiger partial charge in [-0.05, 0) is 6.92 Å². The summed E-state index contributed by atoms with van der Waals surface area (Å²) in [7, 11) is -4.45. The van der Waals surface area contributed by atoms with E-state index in [1.807, 2.05) is 30.3 Å². The molecule has 1 aromatic carbocycles. The van der Waals surface area contributed by atoms with Gasteiger partial charge in [0.15, 0.2) is 29.5 Å². The van der Waals surface area contributed by atoms with Gasteiger partial charge in [-0.2, -0.15) is 0 Å². The summed E-state index contributed by atoms with van der Waals surface area (Å²) in [5, 5.41) is 14.1. The van der Waals surface area contributed by atoms with Crippen LogP contribution in [0.4, 0.5) is 10.6 Å². The highest BCUT2D eigenvalue weighted by atomic mass is 31.2. The van der Waals surface area contributed by atoms with E-state index in [0.717, 1.165) is 5.56 Å². The van der Waals surface area contributed by atoms with Gasteiger partial charge >= 0.3 is 12.0 Å². The second-order valence-electron chi connectivity index (χ2n) is 8.81. The summed E-state index contributed by atoms with van der Waals surface area (Å²) in [5.74, 6) is -1.06. The summed E-state index contributed by atoms with van der Waals surface area (Å²) in [4.78, 5) is 47.9. The van der Waals surface area contributed by atoms with Crippen LogP contribution < -0.4 is 15.5 Å². The van der Waals surface area contributed by atoms with Gasteiger partial charge in [0.2, 0.25) is 0 Å². The molecule has 5 rings (SSSR count). The third kappa shape index (κ3) is 5.93. The van der Waals surface area contributed by atoms with Crippen molar-refractivity contribution >= 4 is 36.6 Å². The molecular formula is C23H26N6O9P-. The molecule has 0 spiro atoms. The van der Waals surface area contributed by atoms with Gasteiger partial charge in [0.25, 0.3) is 0 Å². The average molecular weight is 561 g/mol. The summed E-state index contributed by atoms with van der Waals surface area (Å²) < 4.78 is 37.5. The molecule has 2 amide bonds. The molecule has 0 saturated carbocycles. The van der Waals surface area contributed by atoms with Gasteiger partial charge in [-0.1, -0.05) is 30.3 Å². The molecule has 2 fully saturated rings. The Morgan fingerprint density at radius 2 is 1.92 bits per heavy atom. The van der Waals surface area contributed by atoms with Crippen LogP contribution in [0.1, 0.15) is 31.4 Å². The maximum atomic E-state index is 12.3. The number of aromatic nitrogens is 4. The number of nitrogens with zero attached hydrogens (tertiary/aromatic N) is 4. The molecule has 4 heterocycles. The van der Waals surface area contributed by atoms with Crippen molar-refractivity contribution in [3.05, 3.63) is 48.5 Å². The lowest BCUT2D eigenvalue weighted by molar-refractivity contribution is -0.204. The second kappa shape index (κ2) is 11.3. The topological polar surface area (TPSA) is 199 Å². The van der Waals surface area contributed by atoms with E-state index in [0.29, 0.717) is 17.7 Å². The number of anilines is 1. The Bertz CT molecular complexity index is 1390. The smallest absolute Gasteiger partial charge is 0.320 e. The number of amides is 2. The highest BCUT2D eigenvalue weighted by Gasteiger charge is 2.54. The average Bonchev–Trinajstić information content (AvgIpc) is 3.62. The molecule has 0 radical (unpaired) electrons. The van der Waals surface area contributed by atoms with E-state index in [2.05, 4.69) is 25.6 Å². The summed E-state index contributed by atoms with van der Waals surface area (Å²) >= 11 is 0. The van der Waals surface area contributed by atoms with E-state index < -0.39 is 69.6 Å². The third-order valence-electron chi connectivity index (χ3n) is 6.16. The van der Waals surface area contributed by atoms with Crippen LogP contribution in [-0.2, 0) is 28.1 Å². The minimum atomic E-state index is -4.45. The normalized spacial score (nSPS) is 25.7. The van der Waals surface area contributed by atoms with E-state index in [1.165, 1.54) is 12.7 Å². The SMILES string of the molecule is CCNC(=O)Nc1ncnc2c1ncn2[C@@H]1O[C@H](COP(=O)([O-])CCC(=O)O)[C@@H]2O[C@H](c3ccccc3)O[C@@H]21. The number of urea groups is 1. The first-order valence-corrected chi connectivity index (χ1v) is 13.9. The number of fused-ring (bicyclic) bond motifs is 2. The van der Waals surface area contributed by atoms with Crippen molar-refractivity contribution in [3.8, 4) is 0 Å². The molecule has 15 nitrogen and oxygen atoms in total. The minimum absolute atomic E-state index is 0.190. The first kappa shape index (κ1) is 27.1. The highest BCUT2D eigenvalue weighted by Crippen LogP contribution is 2.46. The van der Waals surface area contributed by atoms with Crippen molar-refractivity contribution in [3.63, 3.8) is 0 Å². The van der Waals surface area contributed by atoms with E-state index in [9.17, 15) is 19.0 Å². The van der Waals surface area contributed by atoms with Crippen molar-refractivity contribution in [1.82, 2.24) is 24.8 Å². The first-order chi connectivity index (χ1) is 18.8. The summed E-state index contributed by atoms with van der Waals surface area (Å²) in [5.41, 5.74) is 1.40. The number of carbonyl (C=O) groups is 2. The fourth-order valence-electron chi connectivity index (χ4n) is 4.39. The Morgan fingerprint density at radius 3 is 2.67 bits per heavy atom. The van der Waals surface area contributed by atoms with Crippen LogP contribution in [0.2, 0.25) is 0 Å². The monoisotopic (exact) mass is 561 g/mol. The van der Waals surface area contributed by atoms with E-state index in [-0.39, 0.29) is 5.82 Å². The van der Waals surface area contributed by atoms with E-state index in [4.69, 9.17) is 23.8 Å². The Labute approximate surface area is 222 Å². The number of nitrogens with one attached hydrogen (secondary N) is 2. The van der Waals surface area contributed by atoms with E-state index >= 15 is 0 Å². The van der Waals surface area contributed by atoms with Crippen LogP contribution in [0.15, 0.2) is 43.0 Å². The molecule has 0 aliphatic carbocycles. The lowest BCUT2D eigenvalue weighted by atomic mass is 10.1. The number of carboxylic acids is 1. The van der Waals surface area contributed by atoms with Gasteiger partial charge in [0, 0.05) is 18.3 Å². The van der Waals surface area contributed by atoms with Crippen molar-refractivity contribution in [2.24, 2.45) is 0 Å². The van der Waals surface area contributed by atoms with Crippen molar-refractivity contribution < 1.29 is 42.9 Å². The number of hydrogen-bond donors (Lipinski definition) is 3. The number of carboxylic acid groups (broad SMARTS) is 1. The Hall–Kier alpha value is -3.46. The molecule has 1 unspecified atom stereocenters. The molecule has 6 atom stereocenters. The Kier molecular flexibility index (Phi) is 7.88. The predicted molar refractivity (Wildman–Crippen MR) is 132 cm³/mol. The lowest BCUT2D eigenvalue weighted by Crippen LogP contribution is -2.32. The second-order valence-corrected chi connectivity index (χ2v) is 10.7. The first-order valence-electron chi connectivity index (χ1n) is 12.2. The molecule has 2 saturated heterocycles. The summed E-state index contributed by atoms with van der Waals surface area (Å²) in [6.45, 7) is 1.79. The molecule has 16 heteroatoms. The van der Waals surface area contributed by atoms with Crippen LogP contribution in [0, 0.1) is 0 Å². The number of rotatable bonds is 10. The number of ether oxygens (including phenoxy) is 3. The number of imidazole rings is 1. The van der Waals surface area contributed by atoms with Crippen LogP contribution in [0.3, 0.4) is 0 Å². The molecule has 39 heavy (non-hydrogen) atoms. The fraction of sp³-hybridized carbons (Fsp3) is 0.435. The van der Waals surface area contributed by atoms with Gasteiger partial charge in [0.05, 0.1) is 19.4 Å². The van der Waals surface area contributed by atoms with Crippen LogP contribution >= 0.6 is 7.60 Å². The molecule has 2 aliphatic rings. The molecule has 2 aromatic heterocycles. The number of benzene rings is 1. The number of carbonyl (C=O) groups excluding carboxylic acids is 1. The maximum absolute atomic E-state index is 12.3. The summed E-state index contributed by atoms with van der Waals surface area (Å²) in [6.07, 6.45) is -2.42. The Morgan fingerprint density at radius 1 is 1.15 bits per heavy atom. The van der Waals surface area contributed by atoms with Gasteiger partial charge in [-0.15, -0.1) is 0 Å². The van der Waals surface area contributed by atoms with Gasteiger partial charge in [0.1, 0.15) is 32.2 Å². The van der Waals surface area contributed by atoms with Gasteiger partial charge in [-0.3, -0.25) is 14.7 Å². The standard InChI is InChI=1S/C23H27N6O9P/c1-2-24-23(32)28-19-16-20(26-11-25-19)29(12-27-16)21-18-17(37-22(38-18)13-6-4-3-5-7-13)14(36-21)10-35-39(33,34)9-8-15(30)31/h3-7,11-12,14,17-18,21-22H,2,8-10H2,1H3,(H,30,31)(H,33,34)(H2,24,25,26,28,32)/p-1/t14-,17+,18+,21-,22+/m1/s1. The van der Waals surface area contributed by atoms with Gasteiger partial charge < -0.3 is 38.6 Å². The fourth-order valence-corrected chi connectivity index (χ4v) is 5.35. The van der Waals surface area contributed by atoms with Crippen LogP contribution in [0.5, 0.6) is 0 Å². The zero-order valence-corrected chi connectivity index (χ0v) is 21.6. The quantitative estimate of drug-likeness (QED) is 0.301. The molecule has 0 bridgehead atoms. The number of hydrogen-bond acceptors (Lipinski definition) is 11. The Balaban J connectivity index is 1.41. The molecule has 3 aromatic rings. The van der Waals surface area contributed by atoms with E-state index in [1.54, 1.807) is 11.5 Å². The predicted octanol–water partition coefficient (Wildman–Crippen LogP) is 1.39. The lowest BCUT2D eigenvalue weighted by Gasteiger charge is -2.26.